The van der Waals surface area contributed by atoms with Gasteiger partial charge in [0.1, 0.15) is 24.1 Å². The van der Waals surface area contributed by atoms with Crippen molar-refractivity contribution < 1.29 is 33.1 Å². The summed E-state index contributed by atoms with van der Waals surface area (Å²) in [6.07, 6.45) is 0.380. The van der Waals surface area contributed by atoms with E-state index in [9.17, 15) is 18.4 Å². The van der Waals surface area contributed by atoms with Gasteiger partial charge in [-0.1, -0.05) is 11.2 Å². The monoisotopic (exact) mass is 489 g/mol. The molecule has 0 aliphatic carbocycles. The van der Waals surface area contributed by atoms with Crippen molar-refractivity contribution in [2.24, 2.45) is 10.9 Å². The fourth-order valence-corrected chi connectivity index (χ4v) is 3.49. The smallest absolute Gasteiger partial charge is 0.405 e. The zero-order valence-electron chi connectivity index (χ0n) is 19.6. The second-order valence-electron chi connectivity index (χ2n) is 8.56. The van der Waals surface area contributed by atoms with Crippen LogP contribution >= 0.6 is 0 Å². The van der Waals surface area contributed by atoms with Crippen molar-refractivity contribution in [3.63, 3.8) is 0 Å². The molecule has 35 heavy (non-hydrogen) atoms. The summed E-state index contributed by atoms with van der Waals surface area (Å²) in [5.74, 6) is -2.24. The van der Waals surface area contributed by atoms with Gasteiger partial charge in [-0.15, -0.1) is 0 Å². The molecule has 186 valence electrons. The Bertz CT molecular complexity index is 1300. The van der Waals surface area contributed by atoms with Crippen LogP contribution in [0.1, 0.15) is 47.6 Å². The first kappa shape index (κ1) is 25.4. The van der Waals surface area contributed by atoms with Crippen LogP contribution in [0, 0.1) is 25.5 Å². The first-order chi connectivity index (χ1) is 16.4. The number of carboxylic acid groups (broad SMARTS) is 1. The first-order valence-electron chi connectivity index (χ1n) is 10.5. The molecule has 0 bridgehead atoms. The number of benzene rings is 1. The van der Waals surface area contributed by atoms with Gasteiger partial charge in [0.2, 0.25) is 0 Å². The van der Waals surface area contributed by atoms with Crippen LogP contribution in [0.25, 0.3) is 5.65 Å². The maximum Gasteiger partial charge on any atom is 0.405 e. The zero-order valence-corrected chi connectivity index (χ0v) is 19.6. The molecular formula is C23H25F2N5O5. The lowest BCUT2D eigenvalue weighted by Crippen LogP contribution is -2.45. The summed E-state index contributed by atoms with van der Waals surface area (Å²) in [7, 11) is 0. The number of fused-ring (bicyclic) bond motifs is 1. The fraction of sp³-hybridized carbons (Fsp3) is 0.304. The average molecular weight is 489 g/mol. The van der Waals surface area contributed by atoms with Gasteiger partial charge in [-0.25, -0.2) is 23.4 Å². The first-order valence-corrected chi connectivity index (χ1v) is 10.5. The third-order valence-corrected chi connectivity index (χ3v) is 4.94. The van der Waals surface area contributed by atoms with Crippen LogP contribution in [-0.2, 0) is 11.4 Å². The van der Waals surface area contributed by atoms with Gasteiger partial charge in [0, 0.05) is 18.2 Å². The molecule has 0 atom stereocenters. The van der Waals surface area contributed by atoms with Gasteiger partial charge >= 0.3 is 12.1 Å². The van der Waals surface area contributed by atoms with E-state index in [1.165, 1.54) is 10.5 Å². The third-order valence-electron chi connectivity index (χ3n) is 4.94. The number of halogens is 2. The molecule has 2 aromatic heterocycles. The van der Waals surface area contributed by atoms with Gasteiger partial charge in [0.15, 0.2) is 17.1 Å². The predicted molar refractivity (Wildman–Crippen MR) is 122 cm³/mol. The van der Waals surface area contributed by atoms with E-state index in [1.807, 2.05) is 0 Å². The highest BCUT2D eigenvalue weighted by atomic mass is 19.1. The highest BCUT2D eigenvalue weighted by Gasteiger charge is 2.24. The molecule has 0 aliphatic rings. The summed E-state index contributed by atoms with van der Waals surface area (Å²) in [4.78, 5) is 33.0. The Morgan fingerprint density at radius 3 is 2.54 bits per heavy atom. The lowest BCUT2D eigenvalue weighted by Gasteiger charge is -2.23. The predicted octanol–water partition coefficient (Wildman–Crippen LogP) is 3.67. The van der Waals surface area contributed by atoms with E-state index < -0.39 is 29.2 Å². The Hall–Kier alpha value is -4.22. The maximum atomic E-state index is 14.0. The van der Waals surface area contributed by atoms with Crippen LogP contribution in [0.2, 0.25) is 0 Å². The summed E-state index contributed by atoms with van der Waals surface area (Å²) in [5.41, 5.74) is 5.87. The van der Waals surface area contributed by atoms with Gasteiger partial charge in [-0.3, -0.25) is 4.40 Å². The molecule has 1 amide bonds. The Labute approximate surface area is 199 Å². The van der Waals surface area contributed by atoms with Crippen LogP contribution in [0.15, 0.2) is 35.6 Å². The van der Waals surface area contributed by atoms with Crippen molar-refractivity contribution in [2.75, 3.05) is 0 Å². The fourth-order valence-electron chi connectivity index (χ4n) is 3.49. The molecule has 0 radical (unpaired) electrons. The molecule has 0 fully saturated rings. The zero-order chi connectivity index (χ0) is 25.9. The van der Waals surface area contributed by atoms with E-state index in [2.05, 4.69) is 15.5 Å². The minimum Gasteiger partial charge on any atom is -0.485 e. The lowest BCUT2D eigenvalue weighted by molar-refractivity contribution is 0.0504. The number of aryl methyl sites for hydroxylation is 2. The maximum absolute atomic E-state index is 14.0. The minimum atomic E-state index is -1.23. The van der Waals surface area contributed by atoms with Crippen molar-refractivity contribution in [3.8, 4) is 5.75 Å². The van der Waals surface area contributed by atoms with Crippen molar-refractivity contribution in [2.45, 2.75) is 46.3 Å². The van der Waals surface area contributed by atoms with Gasteiger partial charge in [0.05, 0.1) is 11.3 Å². The summed E-state index contributed by atoms with van der Waals surface area (Å²) in [6.45, 7) is 6.12. The Balaban J connectivity index is 1.85. The molecule has 10 nitrogen and oxygen atoms in total. The van der Waals surface area contributed by atoms with Crippen LogP contribution in [0.5, 0.6) is 5.75 Å². The number of hydrogen-bond acceptors (Lipinski definition) is 6. The van der Waals surface area contributed by atoms with Gasteiger partial charge in [-0.05, 0) is 51.5 Å². The number of rotatable bonds is 8. The molecule has 3 aromatic rings. The van der Waals surface area contributed by atoms with Crippen LogP contribution in [-0.4, -0.2) is 37.9 Å². The quantitative estimate of drug-likeness (QED) is 0.190. The largest absolute Gasteiger partial charge is 0.485 e. The van der Waals surface area contributed by atoms with Crippen molar-refractivity contribution in [1.29, 1.82) is 0 Å². The van der Waals surface area contributed by atoms with Gasteiger partial charge in [0.25, 0.3) is 0 Å². The third kappa shape index (κ3) is 6.02. The molecular weight excluding hydrogens is 464 g/mol. The summed E-state index contributed by atoms with van der Waals surface area (Å²) < 4.78 is 35.1. The van der Waals surface area contributed by atoms with Crippen LogP contribution in [0.3, 0.4) is 0 Å². The van der Waals surface area contributed by atoms with Crippen LogP contribution in [0.4, 0.5) is 13.6 Å². The van der Waals surface area contributed by atoms with E-state index in [4.69, 9.17) is 20.4 Å². The number of nitrogens with one attached hydrogen (secondary N) is 1. The number of nitrogens with two attached hydrogens (primary N) is 1. The summed E-state index contributed by atoms with van der Waals surface area (Å²) in [5, 5.41) is 14.8. The lowest BCUT2D eigenvalue weighted by atomic mass is 10.0. The highest BCUT2D eigenvalue weighted by molar-refractivity contribution is 5.91. The summed E-state index contributed by atoms with van der Waals surface area (Å²) >= 11 is 0. The second kappa shape index (κ2) is 9.95. The van der Waals surface area contributed by atoms with Crippen molar-refractivity contribution in [1.82, 2.24) is 14.7 Å². The molecule has 3 rings (SSSR count). The van der Waals surface area contributed by atoms with Crippen LogP contribution < -0.4 is 15.8 Å². The molecule has 2 heterocycles. The topological polar surface area (TPSA) is 141 Å². The number of oxime groups is 1. The summed E-state index contributed by atoms with van der Waals surface area (Å²) in [6, 6.07) is 5.15. The second-order valence-corrected chi connectivity index (χ2v) is 8.56. The van der Waals surface area contributed by atoms with Crippen molar-refractivity contribution in [3.05, 3.63) is 64.6 Å². The number of carbonyl (C=O) groups is 2. The van der Waals surface area contributed by atoms with Crippen molar-refractivity contribution >= 4 is 23.5 Å². The number of carbonyl (C=O) groups excluding carboxylic acids is 1. The highest BCUT2D eigenvalue weighted by Crippen LogP contribution is 2.26. The number of hydrogen-bond donors (Lipinski definition) is 3. The molecule has 4 N–H and O–H groups in total. The molecule has 0 aliphatic heterocycles. The van der Waals surface area contributed by atoms with E-state index >= 15 is 0 Å². The number of pyridine rings is 1. The minimum absolute atomic E-state index is 0.0115. The molecule has 12 heteroatoms. The molecule has 1 aromatic carbocycles. The number of amidine groups is 1. The Morgan fingerprint density at radius 2 is 1.91 bits per heavy atom. The Morgan fingerprint density at radius 1 is 1.26 bits per heavy atom. The number of amides is 1. The normalized spacial score (nSPS) is 12.0. The van der Waals surface area contributed by atoms with Gasteiger partial charge in [-0.2, -0.15) is 0 Å². The Kier molecular flexibility index (Phi) is 7.22. The molecule has 0 saturated carbocycles. The van der Waals surface area contributed by atoms with E-state index in [-0.39, 0.29) is 41.5 Å². The number of imidazole rings is 1. The van der Waals surface area contributed by atoms with Gasteiger partial charge < -0.3 is 25.7 Å². The molecule has 0 unspecified atom stereocenters. The number of nitrogens with zero attached hydrogens (tertiary/aromatic N) is 3. The number of aromatic nitrogens is 2. The number of ether oxygens (including phenoxy) is 1. The SMILES string of the molecule is Cc1cc(OCc2c(F)cccc2F)c2nc(C)c(C(=O)O/N=C(\N)CC(C)(C)NC(=O)O)n2c1. The van der Waals surface area contributed by atoms with E-state index in [1.54, 1.807) is 40.0 Å². The molecule has 0 saturated heterocycles. The molecule has 0 spiro atoms. The van der Waals surface area contributed by atoms with E-state index in [0.29, 0.717) is 11.3 Å². The van der Waals surface area contributed by atoms with E-state index in [0.717, 1.165) is 12.1 Å². The average Bonchev–Trinajstić information content (AvgIpc) is 3.06. The standard InChI is InChI=1S/C23H25F2N5O5/c1-12-8-17(34-11-14-15(24)6-5-7-16(14)25)20-27-13(2)19(30(20)10-12)21(31)35-29-18(26)9-23(3,4)28-22(32)33/h5-8,10,28H,9,11H2,1-4H3,(H2,26,29)(H,32,33).